The average molecular weight is 382 g/mol. The van der Waals surface area contributed by atoms with E-state index in [0.717, 1.165) is 5.56 Å². The van der Waals surface area contributed by atoms with Crippen LogP contribution in [-0.2, 0) is 4.79 Å². The van der Waals surface area contributed by atoms with E-state index in [4.69, 9.17) is 0 Å². The molecule has 28 heavy (non-hydrogen) atoms. The van der Waals surface area contributed by atoms with Gasteiger partial charge in [0, 0.05) is 35.9 Å². The summed E-state index contributed by atoms with van der Waals surface area (Å²) in [5.41, 5.74) is 2.52. The van der Waals surface area contributed by atoms with Crippen LogP contribution in [0.15, 0.2) is 48.5 Å². The first-order valence-corrected chi connectivity index (χ1v) is 9.16. The van der Waals surface area contributed by atoms with E-state index in [9.17, 15) is 14.4 Å². The maximum absolute atomic E-state index is 12.4. The standard InChI is InChI=1S/C21H26N4O3/c1-14(2)19(26)22-11-12-23-21(28)25-18-13-16(10-9-15(18)3)20(27)24-17-7-5-4-6-8-17/h4-10,13-14H,11-12H2,1-3H3,(H,22,26)(H,24,27)(H2,23,25,28). The maximum Gasteiger partial charge on any atom is 0.319 e. The predicted octanol–water partition coefficient (Wildman–Crippen LogP) is 3.14. The fourth-order valence-corrected chi connectivity index (χ4v) is 2.36. The number of aryl methyl sites for hydroxylation is 1. The quantitative estimate of drug-likeness (QED) is 0.554. The van der Waals surface area contributed by atoms with Crippen LogP contribution in [0.3, 0.4) is 0 Å². The lowest BCUT2D eigenvalue weighted by molar-refractivity contribution is -0.123. The van der Waals surface area contributed by atoms with Crippen molar-refractivity contribution in [2.24, 2.45) is 5.92 Å². The molecule has 0 saturated carbocycles. The third kappa shape index (κ3) is 6.42. The van der Waals surface area contributed by atoms with E-state index < -0.39 is 6.03 Å². The minimum atomic E-state index is -0.400. The molecule has 2 rings (SSSR count). The number of hydrogen-bond donors (Lipinski definition) is 4. The van der Waals surface area contributed by atoms with E-state index in [2.05, 4.69) is 21.3 Å². The Labute approximate surface area is 164 Å². The fourth-order valence-electron chi connectivity index (χ4n) is 2.36. The Morgan fingerprint density at radius 1 is 0.893 bits per heavy atom. The van der Waals surface area contributed by atoms with Gasteiger partial charge in [-0.2, -0.15) is 0 Å². The number of anilines is 2. The molecule has 0 spiro atoms. The van der Waals surface area contributed by atoms with Crippen LogP contribution >= 0.6 is 0 Å². The Morgan fingerprint density at radius 2 is 1.57 bits per heavy atom. The number of carbonyl (C=O) groups excluding carboxylic acids is 3. The number of para-hydroxylation sites is 1. The second kappa shape index (κ2) is 10.1. The van der Waals surface area contributed by atoms with Gasteiger partial charge in [0.15, 0.2) is 0 Å². The van der Waals surface area contributed by atoms with Crippen LogP contribution in [0.1, 0.15) is 29.8 Å². The van der Waals surface area contributed by atoms with Gasteiger partial charge < -0.3 is 21.3 Å². The van der Waals surface area contributed by atoms with Crippen molar-refractivity contribution >= 4 is 29.2 Å². The van der Waals surface area contributed by atoms with Gasteiger partial charge in [-0.1, -0.05) is 38.1 Å². The molecule has 2 aromatic carbocycles. The largest absolute Gasteiger partial charge is 0.354 e. The van der Waals surface area contributed by atoms with Crippen molar-refractivity contribution in [1.82, 2.24) is 10.6 Å². The van der Waals surface area contributed by atoms with E-state index in [1.807, 2.05) is 25.1 Å². The fraction of sp³-hybridized carbons (Fsp3) is 0.286. The number of nitrogens with one attached hydrogen (secondary N) is 4. The molecular weight excluding hydrogens is 356 g/mol. The van der Waals surface area contributed by atoms with Crippen LogP contribution in [0.5, 0.6) is 0 Å². The van der Waals surface area contributed by atoms with Crippen molar-refractivity contribution in [3.05, 3.63) is 59.7 Å². The molecule has 4 N–H and O–H groups in total. The Kier molecular flexibility index (Phi) is 7.56. The van der Waals surface area contributed by atoms with Crippen LogP contribution in [-0.4, -0.2) is 30.9 Å². The molecule has 0 bridgehead atoms. The third-order valence-corrected chi connectivity index (χ3v) is 4.01. The zero-order valence-corrected chi connectivity index (χ0v) is 16.3. The third-order valence-electron chi connectivity index (χ3n) is 4.01. The number of rotatable bonds is 7. The molecule has 148 valence electrons. The molecule has 0 aliphatic carbocycles. The minimum Gasteiger partial charge on any atom is -0.354 e. The summed E-state index contributed by atoms with van der Waals surface area (Å²) < 4.78 is 0. The van der Waals surface area contributed by atoms with Gasteiger partial charge >= 0.3 is 6.03 Å². The molecule has 0 radical (unpaired) electrons. The number of hydrogen-bond acceptors (Lipinski definition) is 3. The summed E-state index contributed by atoms with van der Waals surface area (Å²) in [6.45, 7) is 6.11. The Morgan fingerprint density at radius 3 is 2.25 bits per heavy atom. The smallest absolute Gasteiger partial charge is 0.319 e. The number of amides is 4. The van der Waals surface area contributed by atoms with Crippen LogP contribution < -0.4 is 21.3 Å². The average Bonchev–Trinajstić information content (AvgIpc) is 2.67. The van der Waals surface area contributed by atoms with E-state index >= 15 is 0 Å². The Bertz CT molecular complexity index is 835. The van der Waals surface area contributed by atoms with Crippen molar-refractivity contribution in [3.63, 3.8) is 0 Å². The molecule has 2 aromatic rings. The van der Waals surface area contributed by atoms with Gasteiger partial charge in [0.1, 0.15) is 0 Å². The van der Waals surface area contributed by atoms with E-state index in [1.165, 1.54) is 0 Å². The van der Waals surface area contributed by atoms with Crippen LogP contribution in [0, 0.1) is 12.8 Å². The van der Waals surface area contributed by atoms with Crippen molar-refractivity contribution in [2.75, 3.05) is 23.7 Å². The van der Waals surface area contributed by atoms with Gasteiger partial charge in [-0.15, -0.1) is 0 Å². The van der Waals surface area contributed by atoms with Crippen molar-refractivity contribution in [1.29, 1.82) is 0 Å². The normalized spacial score (nSPS) is 10.3. The highest BCUT2D eigenvalue weighted by Gasteiger charge is 2.11. The topological polar surface area (TPSA) is 99.3 Å². The molecular formula is C21H26N4O3. The van der Waals surface area contributed by atoms with Crippen LogP contribution in [0.25, 0.3) is 0 Å². The van der Waals surface area contributed by atoms with Crippen molar-refractivity contribution in [2.45, 2.75) is 20.8 Å². The van der Waals surface area contributed by atoms with Gasteiger partial charge in [-0.25, -0.2) is 4.79 Å². The Hall–Kier alpha value is -3.35. The summed E-state index contributed by atoms with van der Waals surface area (Å²) in [7, 11) is 0. The summed E-state index contributed by atoms with van der Waals surface area (Å²) in [5, 5.41) is 11.0. The number of urea groups is 1. The highest BCUT2D eigenvalue weighted by molar-refractivity contribution is 6.05. The molecule has 0 fully saturated rings. The maximum atomic E-state index is 12.4. The van der Waals surface area contributed by atoms with Crippen LogP contribution in [0.4, 0.5) is 16.2 Å². The second-order valence-electron chi connectivity index (χ2n) is 6.68. The number of carbonyl (C=O) groups is 3. The SMILES string of the molecule is Cc1ccc(C(=O)Nc2ccccc2)cc1NC(=O)NCCNC(=O)C(C)C. The molecule has 4 amide bonds. The summed E-state index contributed by atoms with van der Waals surface area (Å²) in [4.78, 5) is 36.0. The zero-order valence-electron chi connectivity index (χ0n) is 16.3. The van der Waals surface area contributed by atoms with Crippen molar-refractivity contribution in [3.8, 4) is 0 Å². The molecule has 7 heteroatoms. The molecule has 0 saturated heterocycles. The van der Waals surface area contributed by atoms with E-state index in [0.29, 0.717) is 30.0 Å². The lowest BCUT2D eigenvalue weighted by atomic mass is 10.1. The van der Waals surface area contributed by atoms with E-state index in [1.54, 1.807) is 44.2 Å². The van der Waals surface area contributed by atoms with Gasteiger partial charge in [0.2, 0.25) is 5.91 Å². The van der Waals surface area contributed by atoms with Gasteiger partial charge in [0.05, 0.1) is 0 Å². The molecule has 0 aliphatic rings. The number of benzene rings is 2. The monoisotopic (exact) mass is 382 g/mol. The van der Waals surface area contributed by atoms with E-state index in [-0.39, 0.29) is 17.7 Å². The second-order valence-corrected chi connectivity index (χ2v) is 6.68. The first kappa shape index (κ1) is 21.0. The molecule has 0 atom stereocenters. The lowest BCUT2D eigenvalue weighted by Gasteiger charge is -2.12. The summed E-state index contributed by atoms with van der Waals surface area (Å²) in [6.07, 6.45) is 0. The lowest BCUT2D eigenvalue weighted by Crippen LogP contribution is -2.38. The molecule has 0 aliphatic heterocycles. The molecule has 0 unspecified atom stereocenters. The first-order chi connectivity index (χ1) is 13.4. The minimum absolute atomic E-state index is 0.0600. The molecule has 0 aromatic heterocycles. The molecule has 0 heterocycles. The highest BCUT2D eigenvalue weighted by atomic mass is 16.2. The summed E-state index contributed by atoms with van der Waals surface area (Å²) in [6, 6.07) is 13.9. The van der Waals surface area contributed by atoms with Gasteiger partial charge in [-0.3, -0.25) is 9.59 Å². The highest BCUT2D eigenvalue weighted by Crippen LogP contribution is 2.18. The summed E-state index contributed by atoms with van der Waals surface area (Å²) in [5.74, 6) is -0.414. The van der Waals surface area contributed by atoms with Crippen molar-refractivity contribution < 1.29 is 14.4 Å². The molecule has 7 nitrogen and oxygen atoms in total. The van der Waals surface area contributed by atoms with Gasteiger partial charge in [0.25, 0.3) is 5.91 Å². The van der Waals surface area contributed by atoms with Crippen LogP contribution in [0.2, 0.25) is 0 Å². The Balaban J connectivity index is 1.91. The summed E-state index contributed by atoms with van der Waals surface area (Å²) >= 11 is 0. The predicted molar refractivity (Wildman–Crippen MR) is 110 cm³/mol. The van der Waals surface area contributed by atoms with Gasteiger partial charge in [-0.05, 0) is 36.8 Å². The zero-order chi connectivity index (χ0) is 20.5. The first-order valence-electron chi connectivity index (χ1n) is 9.16.